The molecule has 0 saturated carbocycles. The van der Waals surface area contributed by atoms with Crippen molar-refractivity contribution >= 4 is 23.0 Å². The maximum Gasteiger partial charge on any atom is 0.408 e. The molecule has 2 rings (SSSR count). The lowest BCUT2D eigenvalue weighted by molar-refractivity contribution is -0.139. The predicted molar refractivity (Wildman–Crippen MR) is 96.8 cm³/mol. The Balaban J connectivity index is 2.27. The second-order valence-electron chi connectivity index (χ2n) is 7.17. The number of carbonyl (C=O) groups is 2. The van der Waals surface area contributed by atoms with Crippen molar-refractivity contribution in [3.8, 4) is 0 Å². The average molecular weight is 346 g/mol. The number of rotatable bonds is 5. The number of carboxylic acid groups (broad SMARTS) is 1. The first-order valence-corrected chi connectivity index (χ1v) is 8.40. The number of aryl methyl sites for hydroxylation is 2. The van der Waals surface area contributed by atoms with E-state index >= 15 is 0 Å². The summed E-state index contributed by atoms with van der Waals surface area (Å²) >= 11 is 0. The lowest BCUT2D eigenvalue weighted by Crippen LogP contribution is -2.44. The third-order valence-electron chi connectivity index (χ3n) is 3.96. The number of aromatic nitrogens is 1. The van der Waals surface area contributed by atoms with E-state index in [1.807, 2.05) is 29.9 Å². The Morgan fingerprint density at radius 2 is 1.96 bits per heavy atom. The Labute approximate surface area is 147 Å². The van der Waals surface area contributed by atoms with Crippen molar-refractivity contribution in [2.75, 3.05) is 0 Å². The number of fused-ring (bicyclic) bond motifs is 1. The second-order valence-corrected chi connectivity index (χ2v) is 7.17. The van der Waals surface area contributed by atoms with Crippen molar-refractivity contribution in [2.24, 2.45) is 7.05 Å². The van der Waals surface area contributed by atoms with Crippen molar-refractivity contribution in [3.05, 3.63) is 35.5 Å². The van der Waals surface area contributed by atoms with Crippen LogP contribution in [0.3, 0.4) is 0 Å². The molecule has 0 bridgehead atoms. The number of para-hydroxylation sites is 1. The molecule has 6 heteroatoms. The first-order valence-electron chi connectivity index (χ1n) is 8.40. The minimum atomic E-state index is -1.09. The zero-order valence-corrected chi connectivity index (χ0v) is 15.4. The van der Waals surface area contributed by atoms with E-state index in [1.54, 1.807) is 20.8 Å². The number of nitrogens with zero attached hydrogens (tertiary/aromatic N) is 1. The van der Waals surface area contributed by atoms with Crippen LogP contribution < -0.4 is 5.32 Å². The van der Waals surface area contributed by atoms with Crippen LogP contribution in [0.15, 0.2) is 24.4 Å². The summed E-state index contributed by atoms with van der Waals surface area (Å²) in [4.78, 5) is 23.5. The summed E-state index contributed by atoms with van der Waals surface area (Å²) in [7, 11) is 1.95. The van der Waals surface area contributed by atoms with Crippen molar-refractivity contribution in [1.82, 2.24) is 9.88 Å². The summed E-state index contributed by atoms with van der Waals surface area (Å²) in [6, 6.07) is 4.98. The van der Waals surface area contributed by atoms with Gasteiger partial charge in [0.1, 0.15) is 11.6 Å². The maximum absolute atomic E-state index is 11.9. The van der Waals surface area contributed by atoms with Crippen LogP contribution in [0, 0.1) is 0 Å². The minimum Gasteiger partial charge on any atom is -0.480 e. The SMILES string of the molecule is CCc1cccc2c(CC(NC(=O)OC(C)(C)C)C(=O)O)cn(C)c12. The molecule has 0 fully saturated rings. The quantitative estimate of drug-likeness (QED) is 0.871. The summed E-state index contributed by atoms with van der Waals surface area (Å²) < 4.78 is 7.18. The van der Waals surface area contributed by atoms with Gasteiger partial charge < -0.3 is 19.7 Å². The molecule has 2 N–H and O–H groups in total. The van der Waals surface area contributed by atoms with Gasteiger partial charge in [0, 0.05) is 25.1 Å². The number of alkyl carbamates (subject to hydrolysis) is 1. The third-order valence-corrected chi connectivity index (χ3v) is 3.96. The number of amides is 1. The molecule has 1 atom stereocenters. The van der Waals surface area contributed by atoms with Crippen LogP contribution in [0.2, 0.25) is 0 Å². The number of hydrogen-bond donors (Lipinski definition) is 2. The van der Waals surface area contributed by atoms with E-state index < -0.39 is 23.7 Å². The van der Waals surface area contributed by atoms with E-state index in [2.05, 4.69) is 18.3 Å². The van der Waals surface area contributed by atoms with Crippen LogP contribution in [0.25, 0.3) is 10.9 Å². The number of benzene rings is 1. The standard InChI is InChI=1S/C19H26N2O4/c1-6-12-8-7-9-14-13(11-21(5)16(12)14)10-15(17(22)23)20-18(24)25-19(2,3)4/h7-9,11,15H,6,10H2,1-5H3,(H,20,24)(H,22,23). The molecule has 0 aliphatic carbocycles. The van der Waals surface area contributed by atoms with Crippen LogP contribution in [0.4, 0.5) is 4.79 Å². The molecule has 1 unspecified atom stereocenters. The van der Waals surface area contributed by atoms with Crippen LogP contribution >= 0.6 is 0 Å². The third kappa shape index (κ3) is 4.53. The predicted octanol–water partition coefficient (Wildman–Crippen LogP) is 3.26. The average Bonchev–Trinajstić information content (AvgIpc) is 2.81. The Morgan fingerprint density at radius 1 is 1.28 bits per heavy atom. The van der Waals surface area contributed by atoms with Gasteiger partial charge in [-0.1, -0.05) is 25.1 Å². The van der Waals surface area contributed by atoms with E-state index in [4.69, 9.17) is 4.74 Å². The highest BCUT2D eigenvalue weighted by atomic mass is 16.6. The minimum absolute atomic E-state index is 0.194. The normalized spacial score (nSPS) is 12.8. The molecule has 0 radical (unpaired) electrons. The number of nitrogens with one attached hydrogen (secondary N) is 1. The Kier molecular flexibility index (Phi) is 5.40. The van der Waals surface area contributed by atoms with Gasteiger partial charge in [0.25, 0.3) is 0 Å². The van der Waals surface area contributed by atoms with E-state index in [0.717, 1.165) is 22.9 Å². The Hall–Kier alpha value is -2.50. The number of aliphatic carboxylic acids is 1. The fraction of sp³-hybridized carbons (Fsp3) is 0.474. The van der Waals surface area contributed by atoms with Gasteiger partial charge in [-0.15, -0.1) is 0 Å². The summed E-state index contributed by atoms with van der Waals surface area (Å²) in [6.07, 6.45) is 2.29. The topological polar surface area (TPSA) is 80.6 Å². The number of ether oxygens (including phenoxy) is 1. The molecule has 1 heterocycles. The molecule has 2 aromatic rings. The van der Waals surface area contributed by atoms with Gasteiger partial charge in [0.15, 0.2) is 0 Å². The molecule has 136 valence electrons. The molecule has 0 aliphatic rings. The molecule has 1 aromatic heterocycles. The van der Waals surface area contributed by atoms with Crippen molar-refractivity contribution in [1.29, 1.82) is 0 Å². The van der Waals surface area contributed by atoms with Gasteiger partial charge in [-0.25, -0.2) is 9.59 Å². The number of carboxylic acids is 1. The molecule has 1 amide bonds. The summed E-state index contributed by atoms with van der Waals surface area (Å²) in [5.74, 6) is -1.09. The highest BCUT2D eigenvalue weighted by molar-refractivity contribution is 5.88. The number of hydrogen-bond acceptors (Lipinski definition) is 3. The van der Waals surface area contributed by atoms with Crippen molar-refractivity contribution in [3.63, 3.8) is 0 Å². The first kappa shape index (κ1) is 18.8. The second kappa shape index (κ2) is 7.17. The molecule has 0 aliphatic heterocycles. The van der Waals surface area contributed by atoms with E-state index in [9.17, 15) is 14.7 Å². The van der Waals surface area contributed by atoms with E-state index in [0.29, 0.717) is 0 Å². The highest BCUT2D eigenvalue weighted by Crippen LogP contribution is 2.25. The molecule has 1 aromatic carbocycles. The molecule has 25 heavy (non-hydrogen) atoms. The zero-order chi connectivity index (χ0) is 18.8. The van der Waals surface area contributed by atoms with Crippen LogP contribution in [0.5, 0.6) is 0 Å². The largest absolute Gasteiger partial charge is 0.480 e. The van der Waals surface area contributed by atoms with Crippen molar-refractivity contribution < 1.29 is 19.4 Å². The molecule has 0 saturated heterocycles. The van der Waals surface area contributed by atoms with Gasteiger partial charge in [-0.2, -0.15) is 0 Å². The molecule has 0 spiro atoms. The smallest absolute Gasteiger partial charge is 0.408 e. The number of carbonyl (C=O) groups excluding carboxylic acids is 1. The molecule has 6 nitrogen and oxygen atoms in total. The fourth-order valence-corrected chi connectivity index (χ4v) is 2.95. The molecular formula is C19H26N2O4. The van der Waals surface area contributed by atoms with Gasteiger partial charge in [0.05, 0.1) is 5.52 Å². The first-order chi connectivity index (χ1) is 11.6. The van der Waals surface area contributed by atoms with Crippen LogP contribution in [-0.4, -0.2) is 33.4 Å². The summed E-state index contributed by atoms with van der Waals surface area (Å²) in [6.45, 7) is 7.30. The van der Waals surface area contributed by atoms with E-state index in [1.165, 1.54) is 5.56 Å². The van der Waals surface area contributed by atoms with Crippen LogP contribution in [0.1, 0.15) is 38.8 Å². The van der Waals surface area contributed by atoms with E-state index in [-0.39, 0.29) is 6.42 Å². The lowest BCUT2D eigenvalue weighted by Gasteiger charge is -2.22. The van der Waals surface area contributed by atoms with Crippen molar-refractivity contribution in [2.45, 2.75) is 52.2 Å². The monoisotopic (exact) mass is 346 g/mol. The highest BCUT2D eigenvalue weighted by Gasteiger charge is 2.25. The van der Waals surface area contributed by atoms with Crippen LogP contribution in [-0.2, 0) is 29.4 Å². The molecular weight excluding hydrogens is 320 g/mol. The van der Waals surface area contributed by atoms with Gasteiger partial charge in [-0.05, 0) is 38.3 Å². The van der Waals surface area contributed by atoms with Gasteiger partial charge >= 0.3 is 12.1 Å². The lowest BCUT2D eigenvalue weighted by atomic mass is 10.0. The zero-order valence-electron chi connectivity index (χ0n) is 15.4. The Bertz CT molecular complexity index is 787. The summed E-state index contributed by atoms with van der Waals surface area (Å²) in [5, 5.41) is 13.0. The van der Waals surface area contributed by atoms with Gasteiger partial charge in [-0.3, -0.25) is 0 Å². The maximum atomic E-state index is 11.9. The summed E-state index contributed by atoms with van der Waals surface area (Å²) in [5.41, 5.74) is 2.51. The fourth-order valence-electron chi connectivity index (χ4n) is 2.95. The Morgan fingerprint density at radius 3 is 2.52 bits per heavy atom. The van der Waals surface area contributed by atoms with Gasteiger partial charge in [0.2, 0.25) is 0 Å².